The number of nitrogens with one attached hydrogen (secondary N) is 5. The summed E-state index contributed by atoms with van der Waals surface area (Å²) in [5.41, 5.74) is 1.75. The summed E-state index contributed by atoms with van der Waals surface area (Å²) < 4.78 is -0.629. The van der Waals surface area contributed by atoms with Crippen molar-refractivity contribution < 1.29 is 24.3 Å². The van der Waals surface area contributed by atoms with Gasteiger partial charge in [0.1, 0.15) is 12.1 Å². The monoisotopic (exact) mass is 666 g/mol. The Morgan fingerprint density at radius 2 is 1.57 bits per heavy atom. The average Bonchev–Trinajstić information content (AvgIpc) is 3.64. The lowest BCUT2D eigenvalue weighted by Gasteiger charge is -2.28. The van der Waals surface area contributed by atoms with Crippen LogP contribution in [0.3, 0.4) is 0 Å². The van der Waals surface area contributed by atoms with Crippen LogP contribution in [0.15, 0.2) is 60.7 Å². The highest BCUT2D eigenvalue weighted by molar-refractivity contribution is 8.01. The maximum atomic E-state index is 13.6. The molecule has 2 heterocycles. The van der Waals surface area contributed by atoms with Crippen LogP contribution in [0, 0.1) is 5.92 Å². The number of hydrogen-bond donors (Lipinski definition) is 6. The fourth-order valence-electron chi connectivity index (χ4n) is 5.95. The Morgan fingerprint density at radius 1 is 0.936 bits per heavy atom. The molecule has 1 unspecified atom stereocenters. The largest absolute Gasteiger partial charge is 0.390 e. The zero-order valence-corrected chi connectivity index (χ0v) is 28.6. The van der Waals surface area contributed by atoms with Gasteiger partial charge in [-0.2, -0.15) is 0 Å². The van der Waals surface area contributed by atoms with Crippen molar-refractivity contribution in [2.75, 3.05) is 26.2 Å². The van der Waals surface area contributed by atoms with Crippen LogP contribution in [0.2, 0.25) is 0 Å². The van der Waals surface area contributed by atoms with Crippen LogP contribution < -0.4 is 26.6 Å². The molecule has 2 saturated heterocycles. The number of likely N-dealkylation sites (tertiary alicyclic amines) is 1. The smallest absolute Gasteiger partial charge is 0.245 e. The summed E-state index contributed by atoms with van der Waals surface area (Å²) in [4.78, 5) is 54.8. The molecule has 0 saturated carbocycles. The molecular weight excluding hydrogens is 616 g/mol. The van der Waals surface area contributed by atoms with Gasteiger partial charge >= 0.3 is 0 Å². The van der Waals surface area contributed by atoms with Crippen LogP contribution in [0.1, 0.15) is 51.7 Å². The van der Waals surface area contributed by atoms with Gasteiger partial charge in [-0.25, -0.2) is 0 Å². The van der Waals surface area contributed by atoms with Gasteiger partial charge in [-0.15, -0.1) is 11.8 Å². The van der Waals surface area contributed by atoms with E-state index in [0.29, 0.717) is 25.6 Å². The van der Waals surface area contributed by atoms with Crippen LogP contribution in [-0.2, 0) is 32.1 Å². The molecule has 0 spiro atoms. The van der Waals surface area contributed by atoms with E-state index in [1.165, 1.54) is 11.8 Å². The van der Waals surface area contributed by atoms with Crippen molar-refractivity contribution in [3.05, 3.63) is 71.8 Å². The highest BCUT2D eigenvalue weighted by Gasteiger charge is 2.49. The molecule has 11 nitrogen and oxygen atoms in total. The molecule has 6 N–H and O–H groups in total. The standard InChI is InChI=1S/C35H50N6O5S/c1-23(2)19-36-31(44)27-16-11-17-41(27)22-26(42)21-38-33(46)30-35(3,4)47-34(40-30)29(32(45)37-20-25-14-9-6-10-15-25)39-28(43)18-24-12-7-5-8-13-24/h5-10,12-15,23,26-27,29-30,34,40,42H,11,16-22H2,1-4H3,(H,36,44)(H,37,45)(H,38,46)(H,39,43)/t26?,27-,29+,30-,34+/m0/s1. The van der Waals surface area contributed by atoms with Crippen molar-refractivity contribution in [2.24, 2.45) is 5.92 Å². The molecule has 2 aliphatic heterocycles. The van der Waals surface area contributed by atoms with Gasteiger partial charge in [0.05, 0.1) is 23.9 Å². The van der Waals surface area contributed by atoms with Crippen molar-refractivity contribution in [3.63, 3.8) is 0 Å². The van der Waals surface area contributed by atoms with E-state index in [4.69, 9.17) is 0 Å². The van der Waals surface area contributed by atoms with E-state index in [-0.39, 0.29) is 49.2 Å². The Morgan fingerprint density at radius 3 is 2.23 bits per heavy atom. The summed E-state index contributed by atoms with van der Waals surface area (Å²) in [6.07, 6.45) is 0.867. The maximum absolute atomic E-state index is 13.6. The van der Waals surface area contributed by atoms with Gasteiger partial charge in [0.25, 0.3) is 0 Å². The molecule has 2 aromatic carbocycles. The van der Waals surface area contributed by atoms with Gasteiger partial charge in [0, 0.05) is 30.9 Å². The molecule has 4 rings (SSSR count). The molecule has 256 valence electrons. The molecule has 4 amide bonds. The van der Waals surface area contributed by atoms with E-state index in [1.807, 2.05) is 93.3 Å². The van der Waals surface area contributed by atoms with E-state index in [2.05, 4.69) is 26.6 Å². The van der Waals surface area contributed by atoms with Gasteiger partial charge in [-0.05, 0) is 50.3 Å². The predicted octanol–water partition coefficient (Wildman–Crippen LogP) is 1.55. The predicted molar refractivity (Wildman–Crippen MR) is 184 cm³/mol. The molecule has 2 fully saturated rings. The summed E-state index contributed by atoms with van der Waals surface area (Å²) in [5.74, 6) is -0.637. The molecule has 2 aromatic rings. The molecular formula is C35H50N6O5S. The third-order valence-electron chi connectivity index (χ3n) is 8.45. The third kappa shape index (κ3) is 10.8. The van der Waals surface area contributed by atoms with Gasteiger partial charge in [0.2, 0.25) is 23.6 Å². The van der Waals surface area contributed by atoms with Crippen LogP contribution in [-0.4, -0.2) is 94.2 Å². The number of rotatable bonds is 15. The van der Waals surface area contributed by atoms with E-state index < -0.39 is 28.3 Å². The molecule has 2 aliphatic rings. The van der Waals surface area contributed by atoms with Gasteiger partial charge in [-0.1, -0.05) is 74.5 Å². The Kier molecular flexibility index (Phi) is 13.2. The van der Waals surface area contributed by atoms with E-state index >= 15 is 0 Å². The number of carbonyl (C=O) groups is 4. The highest BCUT2D eigenvalue weighted by atomic mass is 32.2. The van der Waals surface area contributed by atoms with E-state index in [9.17, 15) is 24.3 Å². The van der Waals surface area contributed by atoms with E-state index in [1.54, 1.807) is 0 Å². The molecule has 5 atom stereocenters. The Labute approximate surface area is 282 Å². The summed E-state index contributed by atoms with van der Waals surface area (Å²) in [7, 11) is 0. The first-order valence-corrected chi connectivity index (χ1v) is 17.4. The summed E-state index contributed by atoms with van der Waals surface area (Å²) >= 11 is 1.42. The molecule has 0 aromatic heterocycles. The Balaban J connectivity index is 1.36. The lowest BCUT2D eigenvalue weighted by atomic mass is 10.0. The second-order valence-electron chi connectivity index (χ2n) is 13.3. The number of benzene rings is 2. The van der Waals surface area contributed by atoms with Gasteiger partial charge < -0.3 is 26.4 Å². The minimum absolute atomic E-state index is 0.0219. The lowest BCUT2D eigenvalue weighted by Crippen LogP contribution is -2.58. The quantitative estimate of drug-likeness (QED) is 0.168. The maximum Gasteiger partial charge on any atom is 0.245 e. The minimum Gasteiger partial charge on any atom is -0.390 e. The minimum atomic E-state index is -0.948. The Bertz CT molecular complexity index is 1340. The normalized spacial score (nSPS) is 22.0. The van der Waals surface area contributed by atoms with Gasteiger partial charge in [0.15, 0.2) is 0 Å². The number of β-amino-alcohol motifs (C(OH)–C–C–N with tert-alkyl or cyclic N) is 1. The fraction of sp³-hybridized carbons (Fsp3) is 0.543. The van der Waals surface area contributed by atoms with Crippen molar-refractivity contribution in [1.82, 2.24) is 31.5 Å². The second-order valence-corrected chi connectivity index (χ2v) is 15.1. The van der Waals surface area contributed by atoms with Crippen molar-refractivity contribution in [1.29, 1.82) is 0 Å². The third-order valence-corrected chi connectivity index (χ3v) is 9.95. The molecule has 0 bridgehead atoms. The van der Waals surface area contributed by atoms with Crippen molar-refractivity contribution >= 4 is 35.4 Å². The zero-order valence-electron chi connectivity index (χ0n) is 27.8. The molecule has 0 aliphatic carbocycles. The number of carbonyl (C=O) groups excluding carboxylic acids is 4. The average molecular weight is 667 g/mol. The lowest BCUT2D eigenvalue weighted by molar-refractivity contribution is -0.129. The molecule has 0 radical (unpaired) electrons. The summed E-state index contributed by atoms with van der Waals surface area (Å²) in [6.45, 7) is 9.84. The number of aliphatic hydroxyl groups is 1. The summed E-state index contributed by atoms with van der Waals surface area (Å²) in [5, 5.41) is 25.2. The highest BCUT2D eigenvalue weighted by Crippen LogP contribution is 2.39. The first-order valence-electron chi connectivity index (χ1n) is 16.5. The van der Waals surface area contributed by atoms with Gasteiger partial charge in [-0.3, -0.25) is 29.4 Å². The molecule has 47 heavy (non-hydrogen) atoms. The number of nitrogens with zero attached hydrogens (tertiary/aromatic N) is 1. The van der Waals surface area contributed by atoms with Crippen LogP contribution >= 0.6 is 11.8 Å². The first-order chi connectivity index (χ1) is 22.4. The Hall–Kier alpha value is -3.45. The van der Waals surface area contributed by atoms with Crippen molar-refractivity contribution in [2.45, 2.75) is 87.9 Å². The molecule has 12 heteroatoms. The first kappa shape index (κ1) is 36.4. The summed E-state index contributed by atoms with van der Waals surface area (Å²) in [6, 6.07) is 16.9. The van der Waals surface area contributed by atoms with Crippen LogP contribution in [0.5, 0.6) is 0 Å². The van der Waals surface area contributed by atoms with Crippen molar-refractivity contribution in [3.8, 4) is 0 Å². The number of aliphatic hydroxyl groups excluding tert-OH is 1. The second kappa shape index (κ2) is 17.1. The van der Waals surface area contributed by atoms with E-state index in [0.717, 1.165) is 24.0 Å². The van der Waals surface area contributed by atoms with Crippen LogP contribution in [0.25, 0.3) is 0 Å². The zero-order chi connectivity index (χ0) is 34.0. The number of hydrogen-bond acceptors (Lipinski definition) is 8. The topological polar surface area (TPSA) is 152 Å². The SMILES string of the molecule is CC(C)CNC(=O)[C@@H]1CCCN1CC(O)CNC(=O)[C@@H]1N[C@@H]([C@H](NC(=O)Cc2ccccc2)C(=O)NCc2ccccc2)SC1(C)C. The fourth-order valence-corrected chi connectivity index (χ4v) is 7.45. The number of amides is 4. The number of thioether (sulfide) groups is 1. The van der Waals surface area contributed by atoms with Crippen LogP contribution in [0.4, 0.5) is 0 Å².